The molecule has 1 aliphatic heterocycles. The number of nitrogens with zero attached hydrogens (tertiary/aromatic N) is 2. The second-order valence-corrected chi connectivity index (χ2v) is 11.1. The molecule has 1 fully saturated rings. The number of aromatic nitrogens is 2. The summed E-state index contributed by atoms with van der Waals surface area (Å²) in [6, 6.07) is 13.0. The second-order valence-electron chi connectivity index (χ2n) is 10.3. The Morgan fingerprint density at radius 3 is 2.70 bits per heavy atom. The Kier molecular flexibility index (Phi) is 8.75. The van der Waals surface area contributed by atoms with Gasteiger partial charge in [-0.2, -0.15) is 0 Å². The zero-order chi connectivity index (χ0) is 26.6. The van der Waals surface area contributed by atoms with Crippen LogP contribution >= 0.6 is 23.2 Å². The number of likely N-dealkylation sites (tertiary alicyclic amines) is 1. The van der Waals surface area contributed by atoms with Crippen LogP contribution in [-0.2, 0) is 32.2 Å². The topological polar surface area (TPSA) is 96.5 Å². The van der Waals surface area contributed by atoms with E-state index < -0.39 is 11.6 Å². The van der Waals surface area contributed by atoms with Gasteiger partial charge in [0.2, 0.25) is 5.91 Å². The van der Waals surface area contributed by atoms with Crippen LogP contribution in [0.15, 0.2) is 42.5 Å². The molecule has 0 radical (unpaired) electrons. The summed E-state index contributed by atoms with van der Waals surface area (Å²) in [6.45, 7) is 6.71. The van der Waals surface area contributed by atoms with Gasteiger partial charge >= 0.3 is 5.97 Å². The largest absolute Gasteiger partial charge is 0.458 e. The number of rotatable bonds is 9. The quantitative estimate of drug-likeness (QED) is 0.371. The van der Waals surface area contributed by atoms with Crippen molar-refractivity contribution >= 4 is 46.1 Å². The summed E-state index contributed by atoms with van der Waals surface area (Å²) in [7, 11) is 0. The SMILES string of the molecule is CC(C)(C)OC(=O)CO[C@@H]1CC(CC(=O)NCc2nc3ccccc3[nH]2)N(Cc2ccc(Cl)cc2Cl)C1. The number of halogens is 2. The van der Waals surface area contributed by atoms with E-state index in [4.69, 9.17) is 32.7 Å². The average molecular weight is 547 g/mol. The van der Waals surface area contributed by atoms with Crippen LogP contribution in [0.2, 0.25) is 10.0 Å². The molecule has 1 unspecified atom stereocenters. The summed E-state index contributed by atoms with van der Waals surface area (Å²) in [6.07, 6.45) is 0.663. The van der Waals surface area contributed by atoms with E-state index in [9.17, 15) is 9.59 Å². The van der Waals surface area contributed by atoms with Crippen molar-refractivity contribution in [3.63, 3.8) is 0 Å². The number of hydrogen-bond acceptors (Lipinski definition) is 6. The lowest BCUT2D eigenvalue weighted by molar-refractivity contribution is -0.162. The Morgan fingerprint density at radius 1 is 1.19 bits per heavy atom. The van der Waals surface area contributed by atoms with Gasteiger partial charge in [0, 0.05) is 35.6 Å². The average Bonchev–Trinajstić information content (AvgIpc) is 3.40. The first-order valence-corrected chi connectivity index (χ1v) is 13.0. The van der Waals surface area contributed by atoms with E-state index in [0.717, 1.165) is 16.6 Å². The molecule has 1 saturated heterocycles. The van der Waals surface area contributed by atoms with Crippen LogP contribution in [0.25, 0.3) is 11.0 Å². The number of imidazole rings is 1. The molecule has 0 bridgehead atoms. The number of aromatic amines is 1. The first-order chi connectivity index (χ1) is 17.6. The number of carbonyl (C=O) groups is 2. The van der Waals surface area contributed by atoms with Crippen molar-refractivity contribution in [1.82, 2.24) is 20.2 Å². The zero-order valence-electron chi connectivity index (χ0n) is 21.2. The molecule has 0 aliphatic carbocycles. The first-order valence-electron chi connectivity index (χ1n) is 12.3. The smallest absolute Gasteiger partial charge is 0.332 e. The van der Waals surface area contributed by atoms with E-state index in [-0.39, 0.29) is 31.1 Å². The maximum Gasteiger partial charge on any atom is 0.332 e. The maximum atomic E-state index is 12.9. The third-order valence-corrected chi connectivity index (χ3v) is 6.63. The molecule has 0 saturated carbocycles. The molecule has 8 nitrogen and oxygen atoms in total. The fraction of sp³-hybridized carbons (Fsp3) is 0.444. The Hall–Kier alpha value is -2.65. The molecular formula is C27H32Cl2N4O4. The number of esters is 1. The molecular weight excluding hydrogens is 515 g/mol. The molecule has 2 heterocycles. The molecule has 1 amide bonds. The minimum absolute atomic E-state index is 0.0916. The third kappa shape index (κ3) is 7.92. The molecule has 0 spiro atoms. The summed E-state index contributed by atoms with van der Waals surface area (Å²) in [4.78, 5) is 34.9. The van der Waals surface area contributed by atoms with E-state index in [2.05, 4.69) is 20.2 Å². The van der Waals surface area contributed by atoms with Crippen LogP contribution in [0.5, 0.6) is 0 Å². The van der Waals surface area contributed by atoms with Crippen LogP contribution in [-0.4, -0.2) is 57.6 Å². The fourth-order valence-corrected chi connectivity index (χ4v) is 4.92. The van der Waals surface area contributed by atoms with Crippen LogP contribution in [0.1, 0.15) is 45.0 Å². The Morgan fingerprint density at radius 2 is 1.97 bits per heavy atom. The minimum atomic E-state index is -0.575. The van der Waals surface area contributed by atoms with E-state index in [0.29, 0.717) is 41.9 Å². The molecule has 198 valence electrons. The van der Waals surface area contributed by atoms with E-state index in [1.807, 2.05) is 51.1 Å². The predicted molar refractivity (Wildman–Crippen MR) is 143 cm³/mol. The Labute approximate surface area is 226 Å². The molecule has 3 aromatic rings. The lowest BCUT2D eigenvalue weighted by Crippen LogP contribution is -2.35. The van der Waals surface area contributed by atoms with Crippen LogP contribution < -0.4 is 5.32 Å². The second kappa shape index (κ2) is 11.8. The van der Waals surface area contributed by atoms with Crippen molar-refractivity contribution < 1.29 is 19.1 Å². The maximum absolute atomic E-state index is 12.9. The van der Waals surface area contributed by atoms with Crippen molar-refractivity contribution in [1.29, 1.82) is 0 Å². The standard InChI is InChI=1S/C27H32Cl2N4O4/c1-27(2,3)37-26(35)16-36-20-11-19(33(15-20)14-17-8-9-18(28)10-21(17)29)12-25(34)30-13-24-31-22-6-4-5-7-23(22)32-24/h4-10,19-20H,11-16H2,1-3H3,(H,30,34)(H,31,32)/t19?,20-/m1/s1. The van der Waals surface area contributed by atoms with Gasteiger partial charge < -0.3 is 19.8 Å². The summed E-state index contributed by atoms with van der Waals surface area (Å²) in [5.74, 6) is 0.196. The summed E-state index contributed by atoms with van der Waals surface area (Å²) in [5.41, 5.74) is 2.12. The van der Waals surface area contributed by atoms with Gasteiger partial charge in [0.25, 0.3) is 0 Å². The van der Waals surface area contributed by atoms with Gasteiger partial charge in [-0.15, -0.1) is 0 Å². The van der Waals surface area contributed by atoms with Crippen LogP contribution in [0.3, 0.4) is 0 Å². The molecule has 2 atom stereocenters. The van der Waals surface area contributed by atoms with Gasteiger partial charge in [-0.25, -0.2) is 9.78 Å². The Balaban J connectivity index is 1.38. The lowest BCUT2D eigenvalue weighted by Gasteiger charge is -2.24. The minimum Gasteiger partial charge on any atom is -0.458 e. The monoisotopic (exact) mass is 546 g/mol. The number of fused-ring (bicyclic) bond motifs is 1. The number of benzene rings is 2. The number of carbonyl (C=O) groups excluding carboxylic acids is 2. The first kappa shape index (κ1) is 27.4. The highest BCUT2D eigenvalue weighted by Gasteiger charge is 2.35. The highest BCUT2D eigenvalue weighted by molar-refractivity contribution is 6.35. The molecule has 2 N–H and O–H groups in total. The molecule has 1 aromatic heterocycles. The predicted octanol–water partition coefficient (Wildman–Crippen LogP) is 4.88. The van der Waals surface area contributed by atoms with Gasteiger partial charge in [0.15, 0.2) is 0 Å². The molecule has 37 heavy (non-hydrogen) atoms. The summed E-state index contributed by atoms with van der Waals surface area (Å²) >= 11 is 12.5. The molecule has 1 aliphatic rings. The number of ether oxygens (including phenoxy) is 2. The zero-order valence-corrected chi connectivity index (χ0v) is 22.7. The van der Waals surface area contributed by atoms with Crippen molar-refractivity contribution in [2.45, 2.75) is 64.4 Å². The van der Waals surface area contributed by atoms with Gasteiger partial charge in [-0.05, 0) is 57.0 Å². The normalized spacial score (nSPS) is 18.3. The van der Waals surface area contributed by atoms with E-state index in [1.54, 1.807) is 12.1 Å². The molecule has 10 heteroatoms. The fourth-order valence-electron chi connectivity index (χ4n) is 4.45. The number of para-hydroxylation sites is 2. The lowest BCUT2D eigenvalue weighted by atomic mass is 10.1. The van der Waals surface area contributed by atoms with Gasteiger partial charge in [-0.3, -0.25) is 9.69 Å². The van der Waals surface area contributed by atoms with Crippen LogP contribution in [0, 0.1) is 0 Å². The number of hydrogen-bond donors (Lipinski definition) is 2. The highest BCUT2D eigenvalue weighted by atomic mass is 35.5. The molecule has 4 rings (SSSR count). The van der Waals surface area contributed by atoms with Crippen molar-refractivity contribution in [2.75, 3.05) is 13.2 Å². The van der Waals surface area contributed by atoms with Gasteiger partial charge in [0.1, 0.15) is 18.0 Å². The summed E-state index contributed by atoms with van der Waals surface area (Å²) < 4.78 is 11.2. The number of H-pyrrole nitrogens is 1. The van der Waals surface area contributed by atoms with E-state index in [1.165, 1.54) is 0 Å². The van der Waals surface area contributed by atoms with Crippen LogP contribution in [0.4, 0.5) is 0 Å². The number of nitrogens with one attached hydrogen (secondary N) is 2. The van der Waals surface area contributed by atoms with Gasteiger partial charge in [-0.1, -0.05) is 41.4 Å². The van der Waals surface area contributed by atoms with E-state index >= 15 is 0 Å². The summed E-state index contributed by atoms with van der Waals surface area (Å²) in [5, 5.41) is 4.10. The van der Waals surface area contributed by atoms with Crippen molar-refractivity contribution in [3.8, 4) is 0 Å². The Bertz CT molecular complexity index is 1220. The third-order valence-electron chi connectivity index (χ3n) is 6.05. The highest BCUT2D eigenvalue weighted by Crippen LogP contribution is 2.29. The van der Waals surface area contributed by atoms with Gasteiger partial charge in [0.05, 0.1) is 23.7 Å². The van der Waals surface area contributed by atoms with Crippen molar-refractivity contribution in [3.05, 3.63) is 63.9 Å². The molecule has 2 aromatic carbocycles. The van der Waals surface area contributed by atoms with Crippen molar-refractivity contribution in [2.24, 2.45) is 0 Å². The number of amides is 1.